The number of aryl methyl sites for hydroxylation is 1. The first-order valence-electron chi connectivity index (χ1n) is 12.1. The van der Waals surface area contributed by atoms with E-state index < -0.39 is 0 Å². The molecule has 6 rings (SSSR count). The van der Waals surface area contributed by atoms with Crippen molar-refractivity contribution >= 4 is 56.6 Å². The van der Waals surface area contributed by atoms with Gasteiger partial charge in [-0.3, -0.25) is 9.59 Å². The largest absolute Gasteiger partial charge is 0.508 e. The first kappa shape index (κ1) is 23.8. The third-order valence-corrected chi connectivity index (χ3v) is 7.38. The molecule has 3 heterocycles. The van der Waals surface area contributed by atoms with Crippen molar-refractivity contribution in [2.45, 2.75) is 12.8 Å². The maximum atomic E-state index is 13.7. The van der Waals surface area contributed by atoms with Crippen LogP contribution < -0.4 is 10.2 Å². The molecule has 1 unspecified atom stereocenters. The average molecular weight is 527 g/mol. The van der Waals surface area contributed by atoms with E-state index in [1.54, 1.807) is 29.3 Å². The molecule has 4 N–H and O–H groups in total. The number of amides is 2. The second-order valence-corrected chi connectivity index (χ2v) is 9.74. The molecule has 0 saturated heterocycles. The monoisotopic (exact) mass is 526 g/mol. The van der Waals surface area contributed by atoms with E-state index in [0.29, 0.717) is 46.1 Å². The number of alkyl halides is 1. The highest BCUT2D eigenvalue weighted by atomic mass is 35.5. The van der Waals surface area contributed by atoms with Crippen LogP contribution in [0.2, 0.25) is 0 Å². The molecule has 8 nitrogen and oxygen atoms in total. The molecule has 5 aromatic rings. The molecule has 1 aliphatic rings. The quantitative estimate of drug-likeness (QED) is 0.225. The number of hydrogen-bond donors (Lipinski definition) is 4. The zero-order chi connectivity index (χ0) is 26.6. The van der Waals surface area contributed by atoms with Crippen LogP contribution in [0.4, 0.5) is 11.5 Å². The minimum absolute atomic E-state index is 0.0714. The number of carbonyl (C=O) groups is 2. The number of nitrogens with zero attached hydrogens (tertiary/aromatic N) is 2. The number of aromatic hydroxyl groups is 2. The van der Waals surface area contributed by atoms with Crippen LogP contribution in [0.15, 0.2) is 66.9 Å². The van der Waals surface area contributed by atoms with Gasteiger partial charge in [-0.15, -0.1) is 11.6 Å². The smallest absolute Gasteiger partial charge is 0.274 e. The van der Waals surface area contributed by atoms with Crippen LogP contribution >= 0.6 is 11.6 Å². The molecule has 1 atom stereocenters. The van der Waals surface area contributed by atoms with E-state index in [1.807, 2.05) is 25.1 Å². The van der Waals surface area contributed by atoms with Crippen molar-refractivity contribution < 1.29 is 19.8 Å². The van der Waals surface area contributed by atoms with E-state index in [2.05, 4.69) is 15.3 Å². The number of nitrogens with one attached hydrogen (secondary N) is 2. The van der Waals surface area contributed by atoms with E-state index in [0.717, 1.165) is 21.9 Å². The molecular formula is C29H23ClN4O4. The lowest BCUT2D eigenvalue weighted by Crippen LogP contribution is -2.30. The number of fused-ring (bicyclic) bond motifs is 4. The Balaban J connectivity index is 1.33. The lowest BCUT2D eigenvalue weighted by molar-refractivity contribution is 0.0983. The van der Waals surface area contributed by atoms with Gasteiger partial charge in [0.25, 0.3) is 11.8 Å². The van der Waals surface area contributed by atoms with Crippen molar-refractivity contribution in [3.8, 4) is 11.5 Å². The van der Waals surface area contributed by atoms with Crippen molar-refractivity contribution in [2.24, 2.45) is 0 Å². The van der Waals surface area contributed by atoms with Gasteiger partial charge < -0.3 is 25.4 Å². The fourth-order valence-electron chi connectivity index (χ4n) is 5.18. The summed E-state index contributed by atoms with van der Waals surface area (Å²) in [6.45, 7) is 2.38. The molecule has 0 bridgehead atoms. The first-order chi connectivity index (χ1) is 18.3. The summed E-state index contributed by atoms with van der Waals surface area (Å²) in [6, 6.07) is 16.7. The second kappa shape index (κ2) is 9.08. The van der Waals surface area contributed by atoms with Crippen molar-refractivity contribution in [3.63, 3.8) is 0 Å². The van der Waals surface area contributed by atoms with Crippen LogP contribution in [0.3, 0.4) is 0 Å². The zero-order valence-electron chi connectivity index (χ0n) is 20.3. The van der Waals surface area contributed by atoms with Crippen LogP contribution in [-0.4, -0.2) is 44.4 Å². The second-order valence-electron chi connectivity index (χ2n) is 9.43. The lowest BCUT2D eigenvalue weighted by Gasteiger charge is -2.18. The van der Waals surface area contributed by atoms with Gasteiger partial charge in [0.2, 0.25) is 0 Å². The molecule has 1 aliphatic heterocycles. The molecule has 0 saturated carbocycles. The van der Waals surface area contributed by atoms with E-state index in [-0.39, 0.29) is 29.2 Å². The summed E-state index contributed by atoms with van der Waals surface area (Å²) in [5.74, 6) is 0.157. The SMILES string of the molecule is Cc1cccc2c(O)cc3c(c12)C(CCl)CN3C(=O)c1cc2cc(NC(=O)c3ccc(O)cc3)ncc2[nH]1. The first-order valence-corrected chi connectivity index (χ1v) is 12.6. The number of halogens is 1. The third kappa shape index (κ3) is 3.90. The predicted molar refractivity (Wildman–Crippen MR) is 148 cm³/mol. The maximum absolute atomic E-state index is 13.7. The Hall–Kier alpha value is -4.56. The minimum Gasteiger partial charge on any atom is -0.508 e. The summed E-state index contributed by atoms with van der Waals surface area (Å²) in [7, 11) is 0. The van der Waals surface area contributed by atoms with Gasteiger partial charge in [-0.25, -0.2) is 4.98 Å². The van der Waals surface area contributed by atoms with Crippen molar-refractivity contribution in [2.75, 3.05) is 22.6 Å². The number of phenols is 2. The van der Waals surface area contributed by atoms with Crippen molar-refractivity contribution in [1.29, 1.82) is 0 Å². The fourth-order valence-corrected chi connectivity index (χ4v) is 5.43. The molecule has 0 fully saturated rings. The molecular weight excluding hydrogens is 504 g/mol. The summed E-state index contributed by atoms with van der Waals surface area (Å²) in [5.41, 5.74) is 4.01. The van der Waals surface area contributed by atoms with Crippen molar-refractivity contribution in [1.82, 2.24) is 9.97 Å². The normalized spacial score (nSPS) is 14.7. The van der Waals surface area contributed by atoms with Gasteiger partial charge in [-0.1, -0.05) is 18.2 Å². The standard InChI is InChI=1S/C29H23ClN4O4/c1-15-3-2-4-20-24(36)11-23-27(26(15)20)18(12-30)14-34(23)29(38)21-9-17-10-25(31-13-22(17)32-21)33-28(37)16-5-7-19(35)8-6-16/h2-11,13,18,32,35-36H,12,14H2,1H3,(H,31,33,37). The van der Waals surface area contributed by atoms with Gasteiger partial charge in [0, 0.05) is 40.7 Å². The highest BCUT2D eigenvalue weighted by molar-refractivity contribution is 6.19. The average Bonchev–Trinajstić information content (AvgIpc) is 3.50. The molecule has 0 aliphatic carbocycles. The van der Waals surface area contributed by atoms with Crippen LogP contribution in [0, 0.1) is 6.92 Å². The molecule has 190 valence electrons. The number of H-pyrrole nitrogens is 1. The predicted octanol–water partition coefficient (Wildman–Crippen LogP) is 5.67. The summed E-state index contributed by atoms with van der Waals surface area (Å²) < 4.78 is 0. The highest BCUT2D eigenvalue weighted by Gasteiger charge is 2.35. The number of benzene rings is 3. The molecule has 2 aromatic heterocycles. The van der Waals surface area contributed by atoms with Crippen LogP contribution in [-0.2, 0) is 0 Å². The summed E-state index contributed by atoms with van der Waals surface area (Å²) in [4.78, 5) is 35.3. The maximum Gasteiger partial charge on any atom is 0.274 e. The number of aromatic amines is 1. The van der Waals surface area contributed by atoms with E-state index in [4.69, 9.17) is 11.6 Å². The van der Waals surface area contributed by atoms with Gasteiger partial charge in [0.05, 0.1) is 17.4 Å². The minimum atomic E-state index is -0.369. The van der Waals surface area contributed by atoms with E-state index in [1.165, 1.54) is 24.3 Å². The number of pyridine rings is 1. The Morgan fingerprint density at radius 2 is 1.92 bits per heavy atom. The molecule has 38 heavy (non-hydrogen) atoms. The van der Waals surface area contributed by atoms with Gasteiger partial charge >= 0.3 is 0 Å². The molecule has 2 amide bonds. The molecule has 0 radical (unpaired) electrons. The Morgan fingerprint density at radius 1 is 1.13 bits per heavy atom. The number of carbonyl (C=O) groups excluding carboxylic acids is 2. The molecule has 3 aromatic carbocycles. The summed E-state index contributed by atoms with van der Waals surface area (Å²) >= 11 is 6.36. The Kier molecular flexibility index (Phi) is 5.69. The summed E-state index contributed by atoms with van der Waals surface area (Å²) in [6.07, 6.45) is 1.56. The highest BCUT2D eigenvalue weighted by Crippen LogP contribution is 2.46. The molecule has 9 heteroatoms. The Labute approximate surface area is 222 Å². The van der Waals surface area contributed by atoms with Crippen LogP contribution in [0.25, 0.3) is 21.7 Å². The van der Waals surface area contributed by atoms with E-state index in [9.17, 15) is 19.8 Å². The van der Waals surface area contributed by atoms with Gasteiger partial charge in [-0.2, -0.15) is 0 Å². The topological polar surface area (TPSA) is 119 Å². The van der Waals surface area contributed by atoms with Crippen molar-refractivity contribution in [3.05, 3.63) is 89.2 Å². The number of rotatable bonds is 4. The fraction of sp³-hybridized carbons (Fsp3) is 0.138. The number of anilines is 2. The van der Waals surface area contributed by atoms with Gasteiger partial charge in [0.15, 0.2) is 0 Å². The van der Waals surface area contributed by atoms with Crippen LogP contribution in [0.1, 0.15) is 37.9 Å². The van der Waals surface area contributed by atoms with Crippen LogP contribution in [0.5, 0.6) is 11.5 Å². The van der Waals surface area contributed by atoms with Gasteiger partial charge in [-0.05, 0) is 59.8 Å². The Morgan fingerprint density at radius 3 is 2.68 bits per heavy atom. The lowest BCUT2D eigenvalue weighted by atomic mass is 9.92. The molecule has 0 spiro atoms. The Bertz CT molecular complexity index is 1750. The number of phenolic OH excluding ortho intramolecular Hbond substituents is 2. The number of hydrogen-bond acceptors (Lipinski definition) is 5. The number of aromatic nitrogens is 2. The summed E-state index contributed by atoms with van der Waals surface area (Å²) in [5, 5.41) is 25.3. The zero-order valence-corrected chi connectivity index (χ0v) is 21.1. The third-order valence-electron chi connectivity index (χ3n) is 7.01. The van der Waals surface area contributed by atoms with E-state index >= 15 is 0 Å². The van der Waals surface area contributed by atoms with Gasteiger partial charge in [0.1, 0.15) is 23.0 Å².